The maximum absolute atomic E-state index is 12.6. The molecular formula is C14H17N3O3S. The molecule has 0 saturated carbocycles. The molecule has 1 aliphatic heterocycles. The second kappa shape index (κ2) is 5.84. The van der Waals surface area contributed by atoms with E-state index in [1.165, 1.54) is 5.01 Å². The molecule has 21 heavy (non-hydrogen) atoms. The van der Waals surface area contributed by atoms with E-state index in [1.54, 1.807) is 43.4 Å². The number of rotatable bonds is 3. The Morgan fingerprint density at radius 1 is 1.29 bits per heavy atom. The number of hydrazine groups is 1. The molecule has 1 aromatic rings. The molecule has 0 aliphatic carbocycles. The summed E-state index contributed by atoms with van der Waals surface area (Å²) in [6.07, 6.45) is 0.447. The monoisotopic (exact) mass is 307 g/mol. The van der Waals surface area contributed by atoms with Crippen molar-refractivity contribution in [1.82, 2.24) is 10.0 Å². The summed E-state index contributed by atoms with van der Waals surface area (Å²) in [7, 11) is 0.366. The number of amides is 1. The molecule has 0 N–H and O–H groups in total. The molecule has 1 atom stereocenters. The van der Waals surface area contributed by atoms with Gasteiger partial charge in [-0.25, -0.2) is 13.4 Å². The van der Waals surface area contributed by atoms with Crippen LogP contribution in [0.4, 0.5) is 0 Å². The van der Waals surface area contributed by atoms with Gasteiger partial charge in [0, 0.05) is 19.7 Å². The van der Waals surface area contributed by atoms with Crippen LogP contribution in [0.2, 0.25) is 0 Å². The van der Waals surface area contributed by atoms with E-state index in [-0.39, 0.29) is 23.5 Å². The van der Waals surface area contributed by atoms with Gasteiger partial charge in [-0.15, -0.1) is 0 Å². The Morgan fingerprint density at radius 3 is 2.33 bits per heavy atom. The van der Waals surface area contributed by atoms with Crippen LogP contribution in [0.25, 0.3) is 0 Å². The SMILES string of the molecule is CN(C)N(C(=O)c1ccc(C#N)cc1)C1CCS(=O)(=O)C1. The number of sulfone groups is 1. The Morgan fingerprint density at radius 2 is 1.90 bits per heavy atom. The van der Waals surface area contributed by atoms with E-state index >= 15 is 0 Å². The first-order chi connectivity index (χ1) is 9.84. The van der Waals surface area contributed by atoms with E-state index < -0.39 is 9.84 Å². The molecule has 0 spiro atoms. The Labute approximate surface area is 124 Å². The summed E-state index contributed by atoms with van der Waals surface area (Å²) < 4.78 is 23.2. The lowest BCUT2D eigenvalue weighted by atomic mass is 10.1. The van der Waals surface area contributed by atoms with Crippen molar-refractivity contribution >= 4 is 15.7 Å². The van der Waals surface area contributed by atoms with Crippen molar-refractivity contribution in [2.75, 3.05) is 25.6 Å². The molecular weight excluding hydrogens is 290 g/mol. The zero-order valence-electron chi connectivity index (χ0n) is 12.0. The third-order valence-corrected chi connectivity index (χ3v) is 5.20. The van der Waals surface area contributed by atoms with Crippen molar-refractivity contribution in [2.24, 2.45) is 0 Å². The first-order valence-corrected chi connectivity index (χ1v) is 8.37. The Balaban J connectivity index is 2.26. The average Bonchev–Trinajstić information content (AvgIpc) is 2.78. The fraction of sp³-hybridized carbons (Fsp3) is 0.429. The van der Waals surface area contributed by atoms with Crippen molar-refractivity contribution in [3.05, 3.63) is 35.4 Å². The van der Waals surface area contributed by atoms with Crippen LogP contribution < -0.4 is 0 Å². The number of nitrogens with zero attached hydrogens (tertiary/aromatic N) is 3. The molecule has 7 heteroatoms. The third kappa shape index (κ3) is 3.40. The normalized spacial score (nSPS) is 20.2. The van der Waals surface area contributed by atoms with E-state index in [0.29, 0.717) is 17.5 Å². The maximum atomic E-state index is 12.6. The van der Waals surface area contributed by atoms with Crippen molar-refractivity contribution in [2.45, 2.75) is 12.5 Å². The minimum atomic E-state index is -3.06. The molecule has 1 amide bonds. The van der Waals surface area contributed by atoms with Gasteiger partial charge in [-0.2, -0.15) is 5.26 Å². The molecule has 112 valence electrons. The zero-order valence-corrected chi connectivity index (χ0v) is 12.8. The molecule has 6 nitrogen and oxygen atoms in total. The first kappa shape index (κ1) is 15.5. The topological polar surface area (TPSA) is 81.5 Å². The maximum Gasteiger partial charge on any atom is 0.268 e. The van der Waals surface area contributed by atoms with Crippen molar-refractivity contribution in [3.63, 3.8) is 0 Å². The van der Waals surface area contributed by atoms with Gasteiger partial charge < -0.3 is 0 Å². The standard InChI is InChI=1S/C14H17N3O3S/c1-16(2)17(13-7-8-21(19,20)10-13)14(18)12-5-3-11(9-15)4-6-12/h3-6,13H,7-8,10H2,1-2H3. The number of nitriles is 1. The minimum Gasteiger partial charge on any atom is -0.268 e. The highest BCUT2D eigenvalue weighted by atomic mass is 32.2. The lowest BCUT2D eigenvalue weighted by Gasteiger charge is -2.33. The van der Waals surface area contributed by atoms with Crippen molar-refractivity contribution in [1.29, 1.82) is 5.26 Å². The van der Waals surface area contributed by atoms with Crippen molar-refractivity contribution < 1.29 is 13.2 Å². The molecule has 1 unspecified atom stereocenters. The lowest BCUT2D eigenvalue weighted by Crippen LogP contribution is -2.49. The number of hydrogen-bond acceptors (Lipinski definition) is 5. The second-order valence-corrected chi connectivity index (χ2v) is 7.47. The van der Waals surface area contributed by atoms with Gasteiger partial charge in [-0.05, 0) is 30.7 Å². The van der Waals surface area contributed by atoms with Gasteiger partial charge in [-0.3, -0.25) is 9.80 Å². The molecule has 1 saturated heterocycles. The fourth-order valence-corrected chi connectivity index (χ4v) is 4.15. The molecule has 1 aromatic carbocycles. The summed E-state index contributed by atoms with van der Waals surface area (Å²) in [4.78, 5) is 12.6. The lowest BCUT2D eigenvalue weighted by molar-refractivity contribution is 0.00101. The van der Waals surface area contributed by atoms with Crippen molar-refractivity contribution in [3.8, 4) is 6.07 Å². The highest BCUT2D eigenvalue weighted by Gasteiger charge is 2.36. The minimum absolute atomic E-state index is 0.00675. The van der Waals surface area contributed by atoms with E-state index in [4.69, 9.17) is 5.26 Å². The van der Waals surface area contributed by atoms with Crippen LogP contribution >= 0.6 is 0 Å². The second-order valence-electron chi connectivity index (χ2n) is 5.24. The summed E-state index contributed by atoms with van der Waals surface area (Å²) in [5.74, 6) is -0.151. The van der Waals surface area contributed by atoms with Gasteiger partial charge in [-0.1, -0.05) is 0 Å². The zero-order chi connectivity index (χ0) is 15.6. The number of benzene rings is 1. The van der Waals surface area contributed by atoms with Crippen LogP contribution in [-0.4, -0.2) is 56.0 Å². The molecule has 0 radical (unpaired) electrons. The summed E-state index contributed by atoms with van der Waals surface area (Å²) in [5.41, 5.74) is 0.915. The van der Waals surface area contributed by atoms with Gasteiger partial charge >= 0.3 is 0 Å². The largest absolute Gasteiger partial charge is 0.268 e. The van der Waals surface area contributed by atoms with Gasteiger partial charge in [0.15, 0.2) is 9.84 Å². The van der Waals surface area contributed by atoms with Crippen LogP contribution in [0.15, 0.2) is 24.3 Å². The predicted molar refractivity (Wildman–Crippen MR) is 78.1 cm³/mol. The summed E-state index contributed by atoms with van der Waals surface area (Å²) in [5, 5.41) is 11.9. The van der Waals surface area contributed by atoms with Crippen LogP contribution in [0.5, 0.6) is 0 Å². The van der Waals surface area contributed by atoms with Gasteiger partial charge in [0.1, 0.15) is 0 Å². The molecule has 1 heterocycles. The van der Waals surface area contributed by atoms with E-state index in [1.807, 2.05) is 6.07 Å². The molecule has 1 aliphatic rings. The Bertz CT molecular complexity index is 674. The van der Waals surface area contributed by atoms with E-state index in [9.17, 15) is 13.2 Å². The summed E-state index contributed by atoms with van der Waals surface area (Å²) in [6.45, 7) is 0. The van der Waals surface area contributed by atoms with Gasteiger partial charge in [0.25, 0.3) is 5.91 Å². The Kier molecular flexibility index (Phi) is 4.30. The fourth-order valence-electron chi connectivity index (χ4n) is 2.46. The quantitative estimate of drug-likeness (QED) is 0.766. The van der Waals surface area contributed by atoms with Crippen LogP contribution in [-0.2, 0) is 9.84 Å². The van der Waals surface area contributed by atoms with Crippen LogP contribution in [0.1, 0.15) is 22.3 Å². The van der Waals surface area contributed by atoms with E-state index in [0.717, 1.165) is 0 Å². The van der Waals surface area contributed by atoms with Crippen LogP contribution in [0, 0.1) is 11.3 Å². The number of carbonyl (C=O) groups is 1. The summed E-state index contributed by atoms with van der Waals surface area (Å²) >= 11 is 0. The molecule has 1 fully saturated rings. The highest BCUT2D eigenvalue weighted by Crippen LogP contribution is 2.21. The molecule has 0 aromatic heterocycles. The van der Waals surface area contributed by atoms with E-state index in [2.05, 4.69) is 0 Å². The number of hydrogen-bond donors (Lipinski definition) is 0. The van der Waals surface area contributed by atoms with Gasteiger partial charge in [0.2, 0.25) is 0 Å². The predicted octanol–water partition coefficient (Wildman–Crippen LogP) is 0.664. The number of carbonyl (C=O) groups excluding carboxylic acids is 1. The smallest absolute Gasteiger partial charge is 0.268 e. The highest BCUT2D eigenvalue weighted by molar-refractivity contribution is 7.91. The average molecular weight is 307 g/mol. The first-order valence-electron chi connectivity index (χ1n) is 6.55. The van der Waals surface area contributed by atoms with Crippen LogP contribution in [0.3, 0.4) is 0 Å². The third-order valence-electron chi connectivity index (χ3n) is 3.45. The summed E-state index contributed by atoms with van der Waals surface area (Å²) in [6, 6.07) is 7.98. The van der Waals surface area contributed by atoms with Gasteiger partial charge in [0.05, 0.1) is 29.2 Å². The Hall–Kier alpha value is -1.91. The molecule has 0 bridgehead atoms. The molecule has 2 rings (SSSR count).